The maximum atomic E-state index is 6.38. The van der Waals surface area contributed by atoms with Crippen LogP contribution >= 0.6 is 11.1 Å². The molecule has 2 heteroatoms. The molecule has 0 bridgehead atoms. The zero-order chi connectivity index (χ0) is 8.04. The average molecular weight is 177 g/mol. The van der Waals surface area contributed by atoms with Gasteiger partial charge >= 0.3 is 0 Å². The molecule has 0 saturated carbocycles. The van der Waals surface area contributed by atoms with Crippen molar-refractivity contribution in [2.45, 2.75) is 38.4 Å². The summed E-state index contributed by atoms with van der Waals surface area (Å²) >= 11 is 6.38. The molecule has 0 nitrogen and oxygen atoms in total. The summed E-state index contributed by atoms with van der Waals surface area (Å²) < 4.78 is 0. The predicted octanol–water partition coefficient (Wildman–Crippen LogP) is 3.79. The number of halogens is 1. The van der Waals surface area contributed by atoms with Crippen molar-refractivity contribution in [1.29, 1.82) is 0 Å². The Kier molecular flexibility index (Phi) is 5.09. The van der Waals surface area contributed by atoms with E-state index in [2.05, 4.69) is 20.4 Å². The Morgan fingerprint density at radius 3 is 2.20 bits per heavy atom. The summed E-state index contributed by atoms with van der Waals surface area (Å²) in [4.78, 5) is 0. The van der Waals surface area contributed by atoms with Crippen molar-refractivity contribution in [1.82, 2.24) is 0 Å². The maximum absolute atomic E-state index is 6.38. The summed E-state index contributed by atoms with van der Waals surface area (Å²) in [6.07, 6.45) is 3.06. The fourth-order valence-corrected chi connectivity index (χ4v) is 3.22. The molecule has 0 spiro atoms. The maximum Gasteiger partial charge on any atom is 0.156 e. The van der Waals surface area contributed by atoms with Crippen molar-refractivity contribution in [3.05, 3.63) is 12.7 Å². The third-order valence-corrected chi connectivity index (χ3v) is 7.95. The number of rotatable bonds is 5. The SMILES string of the molecule is C=CCC[Si](Cl)(CC)CC. The molecule has 0 atom stereocenters. The van der Waals surface area contributed by atoms with Gasteiger partial charge in [-0.25, -0.2) is 0 Å². The fourth-order valence-electron chi connectivity index (χ4n) is 0.964. The second-order valence-corrected chi connectivity index (χ2v) is 9.31. The van der Waals surface area contributed by atoms with Crippen LogP contribution < -0.4 is 0 Å². The minimum absolute atomic E-state index is 1.09. The standard InChI is InChI=1S/C8H17ClSi/c1-4-7-8-10(9,5-2)6-3/h4H,1,5-8H2,2-3H3. The molecule has 10 heavy (non-hydrogen) atoms. The Balaban J connectivity index is 3.68. The quantitative estimate of drug-likeness (QED) is 0.340. The minimum Gasteiger partial charge on any atom is -0.167 e. The van der Waals surface area contributed by atoms with Gasteiger partial charge in [-0.2, -0.15) is 11.1 Å². The molecule has 0 aliphatic carbocycles. The highest BCUT2D eigenvalue weighted by atomic mass is 35.6. The van der Waals surface area contributed by atoms with Gasteiger partial charge in [0.1, 0.15) is 0 Å². The van der Waals surface area contributed by atoms with Gasteiger partial charge in [0.15, 0.2) is 7.38 Å². The largest absolute Gasteiger partial charge is 0.167 e. The lowest BCUT2D eigenvalue weighted by Crippen LogP contribution is -2.23. The molecule has 60 valence electrons. The van der Waals surface area contributed by atoms with Crippen LogP contribution in [0.3, 0.4) is 0 Å². The first-order valence-corrected chi connectivity index (χ1v) is 7.61. The van der Waals surface area contributed by atoms with Crippen molar-refractivity contribution < 1.29 is 0 Å². The zero-order valence-electron chi connectivity index (χ0n) is 6.99. The topological polar surface area (TPSA) is 0 Å². The summed E-state index contributed by atoms with van der Waals surface area (Å²) in [5, 5.41) is 0. The van der Waals surface area contributed by atoms with Gasteiger partial charge < -0.3 is 0 Å². The molecule has 0 unspecified atom stereocenters. The summed E-state index contributed by atoms with van der Waals surface area (Å²) in [5.41, 5.74) is 0. The summed E-state index contributed by atoms with van der Waals surface area (Å²) in [7, 11) is -1.32. The van der Waals surface area contributed by atoms with E-state index < -0.39 is 7.38 Å². The van der Waals surface area contributed by atoms with E-state index in [1.807, 2.05) is 6.08 Å². The van der Waals surface area contributed by atoms with E-state index in [0.29, 0.717) is 0 Å². The monoisotopic (exact) mass is 176 g/mol. The molecule has 0 N–H and O–H groups in total. The van der Waals surface area contributed by atoms with Crippen LogP contribution in [0.15, 0.2) is 12.7 Å². The molecular weight excluding hydrogens is 160 g/mol. The first-order chi connectivity index (χ1) is 4.68. The number of hydrogen-bond donors (Lipinski definition) is 0. The second-order valence-electron chi connectivity index (χ2n) is 2.69. The van der Waals surface area contributed by atoms with Crippen molar-refractivity contribution >= 4 is 18.5 Å². The van der Waals surface area contributed by atoms with E-state index in [4.69, 9.17) is 11.1 Å². The first-order valence-electron chi connectivity index (χ1n) is 3.98. The van der Waals surface area contributed by atoms with Crippen LogP contribution in [0.2, 0.25) is 18.1 Å². The lowest BCUT2D eigenvalue weighted by molar-refractivity contribution is 1.12. The van der Waals surface area contributed by atoms with Gasteiger partial charge in [-0.15, -0.1) is 6.58 Å². The molecule has 0 aromatic carbocycles. The van der Waals surface area contributed by atoms with Crippen LogP contribution in [0, 0.1) is 0 Å². The summed E-state index contributed by atoms with van der Waals surface area (Å²) in [6.45, 7) is 8.10. The smallest absolute Gasteiger partial charge is 0.156 e. The molecule has 0 amide bonds. The van der Waals surface area contributed by atoms with E-state index in [-0.39, 0.29) is 0 Å². The lowest BCUT2D eigenvalue weighted by atomic mass is 10.5. The Bertz CT molecular complexity index is 97.4. The van der Waals surface area contributed by atoms with Crippen LogP contribution in [0.5, 0.6) is 0 Å². The highest BCUT2D eigenvalue weighted by molar-refractivity contribution is 7.20. The van der Waals surface area contributed by atoms with Gasteiger partial charge in [0.2, 0.25) is 0 Å². The van der Waals surface area contributed by atoms with Crippen molar-refractivity contribution in [3.8, 4) is 0 Å². The Labute approximate surface area is 70.0 Å². The Morgan fingerprint density at radius 1 is 1.40 bits per heavy atom. The highest BCUT2D eigenvalue weighted by Crippen LogP contribution is 2.26. The van der Waals surface area contributed by atoms with Gasteiger partial charge in [0, 0.05) is 0 Å². The van der Waals surface area contributed by atoms with E-state index in [1.54, 1.807) is 0 Å². The van der Waals surface area contributed by atoms with Crippen LogP contribution in [0.4, 0.5) is 0 Å². The third-order valence-electron chi connectivity index (χ3n) is 2.06. The Hall–Kier alpha value is 0.247. The predicted molar refractivity (Wildman–Crippen MR) is 52.2 cm³/mol. The molecular formula is C8H17ClSi. The Morgan fingerprint density at radius 2 is 1.90 bits per heavy atom. The van der Waals surface area contributed by atoms with Gasteiger partial charge in [-0.3, -0.25) is 0 Å². The highest BCUT2D eigenvalue weighted by Gasteiger charge is 2.24. The van der Waals surface area contributed by atoms with Crippen molar-refractivity contribution in [3.63, 3.8) is 0 Å². The van der Waals surface area contributed by atoms with Crippen molar-refractivity contribution in [2.75, 3.05) is 0 Å². The van der Waals surface area contributed by atoms with E-state index in [1.165, 1.54) is 18.1 Å². The summed E-state index contributed by atoms with van der Waals surface area (Å²) in [6, 6.07) is 3.59. The average Bonchev–Trinajstić information content (AvgIpc) is 2.00. The molecule has 0 radical (unpaired) electrons. The summed E-state index contributed by atoms with van der Waals surface area (Å²) in [5.74, 6) is 0. The van der Waals surface area contributed by atoms with Crippen LogP contribution in [-0.2, 0) is 0 Å². The molecule has 0 aromatic rings. The van der Waals surface area contributed by atoms with Gasteiger partial charge in [-0.1, -0.05) is 19.9 Å². The van der Waals surface area contributed by atoms with Gasteiger partial charge in [0.05, 0.1) is 0 Å². The van der Waals surface area contributed by atoms with E-state index in [9.17, 15) is 0 Å². The fraction of sp³-hybridized carbons (Fsp3) is 0.750. The molecule has 0 heterocycles. The zero-order valence-corrected chi connectivity index (χ0v) is 8.75. The molecule has 0 aliphatic heterocycles. The van der Waals surface area contributed by atoms with Crippen LogP contribution in [0.1, 0.15) is 20.3 Å². The molecule has 0 fully saturated rings. The first kappa shape index (κ1) is 10.2. The van der Waals surface area contributed by atoms with Crippen molar-refractivity contribution in [2.24, 2.45) is 0 Å². The minimum atomic E-state index is -1.32. The molecule has 0 rings (SSSR count). The number of hydrogen-bond acceptors (Lipinski definition) is 0. The van der Waals surface area contributed by atoms with Crippen LogP contribution in [-0.4, -0.2) is 7.38 Å². The van der Waals surface area contributed by atoms with E-state index >= 15 is 0 Å². The van der Waals surface area contributed by atoms with E-state index in [0.717, 1.165) is 6.42 Å². The second kappa shape index (κ2) is 4.97. The molecule has 0 saturated heterocycles. The van der Waals surface area contributed by atoms with Gasteiger partial charge in [-0.05, 0) is 24.6 Å². The lowest BCUT2D eigenvalue weighted by Gasteiger charge is -2.19. The third kappa shape index (κ3) is 3.42. The molecule has 0 aromatic heterocycles. The molecule has 0 aliphatic rings. The van der Waals surface area contributed by atoms with Gasteiger partial charge in [0.25, 0.3) is 0 Å². The normalized spacial score (nSPS) is 11.5. The van der Waals surface area contributed by atoms with Crippen LogP contribution in [0.25, 0.3) is 0 Å². The number of allylic oxidation sites excluding steroid dienone is 1.